The van der Waals surface area contributed by atoms with Crippen LogP contribution in [0.5, 0.6) is 0 Å². The molecule has 10 nitrogen and oxygen atoms in total. The van der Waals surface area contributed by atoms with Gasteiger partial charge in [-0.15, -0.1) is 0 Å². The summed E-state index contributed by atoms with van der Waals surface area (Å²) in [4.78, 5) is 53.8. The molecule has 0 aromatic rings. The third-order valence-electron chi connectivity index (χ3n) is 5.25. The van der Waals surface area contributed by atoms with Crippen molar-refractivity contribution in [2.24, 2.45) is 9.98 Å². The van der Waals surface area contributed by atoms with Crippen molar-refractivity contribution in [3.8, 4) is 6.26 Å². The van der Waals surface area contributed by atoms with Crippen LogP contribution in [0.3, 0.4) is 0 Å². The number of hydrogen-bond acceptors (Lipinski definition) is 8. The lowest BCUT2D eigenvalue weighted by atomic mass is 10.1. The van der Waals surface area contributed by atoms with Crippen molar-refractivity contribution in [1.82, 2.24) is 10.2 Å². The monoisotopic (exact) mass is 477 g/mol. The van der Waals surface area contributed by atoms with E-state index in [1.54, 1.807) is 6.26 Å². The summed E-state index contributed by atoms with van der Waals surface area (Å²) in [5, 5.41) is 11.2. The van der Waals surface area contributed by atoms with Crippen LogP contribution in [0.1, 0.15) is 89.9 Å². The molecule has 0 fully saturated rings. The van der Waals surface area contributed by atoms with Gasteiger partial charge in [-0.05, 0) is 38.5 Å². The van der Waals surface area contributed by atoms with Crippen LogP contribution in [0.2, 0.25) is 0 Å². The fourth-order valence-electron chi connectivity index (χ4n) is 3.37. The molecule has 34 heavy (non-hydrogen) atoms. The average molecular weight is 478 g/mol. The van der Waals surface area contributed by atoms with Crippen molar-refractivity contribution in [2.45, 2.75) is 89.9 Å². The van der Waals surface area contributed by atoms with E-state index in [1.165, 1.54) is 17.1 Å². The minimum atomic E-state index is -0.352. The smallest absolute Gasteiger partial charge is 0.324 e. The van der Waals surface area contributed by atoms with E-state index in [-0.39, 0.29) is 11.9 Å². The zero-order valence-corrected chi connectivity index (χ0v) is 20.3. The Labute approximate surface area is 202 Å². The summed E-state index contributed by atoms with van der Waals surface area (Å²) in [6, 6.07) is -0.352. The van der Waals surface area contributed by atoms with Gasteiger partial charge in [-0.25, -0.2) is 24.4 Å². The molecule has 0 saturated carbocycles. The molecule has 0 saturated heterocycles. The van der Waals surface area contributed by atoms with E-state index in [0.29, 0.717) is 52.0 Å². The molecular weight excluding hydrogens is 438 g/mol. The fraction of sp³-hybridized carbons (Fsp3) is 0.792. The van der Waals surface area contributed by atoms with Crippen molar-refractivity contribution in [3.63, 3.8) is 0 Å². The second kappa shape index (κ2) is 24.6. The number of hydrogen-bond donors (Lipinski definition) is 1. The number of rotatable bonds is 22. The van der Waals surface area contributed by atoms with E-state index < -0.39 is 0 Å². The Morgan fingerprint density at radius 2 is 1.32 bits per heavy atom. The predicted octanol–water partition coefficient (Wildman–Crippen LogP) is 4.16. The first-order valence-electron chi connectivity index (χ1n) is 12.3. The third kappa shape index (κ3) is 19.7. The number of aliphatic imine (C=N–C) groups is 2. The van der Waals surface area contributed by atoms with Crippen molar-refractivity contribution in [3.05, 3.63) is 0 Å². The molecule has 0 atom stereocenters. The zero-order valence-electron chi connectivity index (χ0n) is 20.3. The molecule has 0 aromatic carbocycles. The Bertz CT molecular complexity index is 682. The van der Waals surface area contributed by atoms with Gasteiger partial charge in [0.05, 0.1) is 13.1 Å². The Kier molecular flexibility index (Phi) is 22.4. The van der Waals surface area contributed by atoms with Crippen molar-refractivity contribution >= 4 is 24.1 Å². The average Bonchev–Trinajstić information content (AvgIpc) is 2.84. The van der Waals surface area contributed by atoms with Crippen LogP contribution in [0.15, 0.2) is 9.98 Å². The van der Waals surface area contributed by atoms with Crippen LogP contribution in [-0.2, 0) is 19.1 Å². The lowest BCUT2D eigenvalue weighted by Gasteiger charge is -2.21. The maximum atomic E-state index is 12.7. The molecule has 0 radical (unpaired) electrons. The second-order valence-electron chi connectivity index (χ2n) is 8.01. The van der Waals surface area contributed by atoms with Gasteiger partial charge in [0.2, 0.25) is 18.1 Å². The number of unbranched alkanes of at least 4 members (excludes halogenated alkanes) is 10. The normalized spacial score (nSPS) is 9.85. The van der Waals surface area contributed by atoms with Gasteiger partial charge < -0.3 is 10.1 Å². The van der Waals surface area contributed by atoms with E-state index in [4.69, 9.17) is 5.26 Å². The number of carbonyl (C=O) groups excluding carboxylic acids is 4. The molecule has 0 unspecified atom stereocenters. The SMILES string of the molecule is N#COCCCCCCCC(=O)N(CCCCCCN=C=O)C(=O)NCCCCCCN=C=O. The number of carbonyl (C=O) groups is 2. The predicted molar refractivity (Wildman–Crippen MR) is 127 cm³/mol. The van der Waals surface area contributed by atoms with Crippen molar-refractivity contribution < 1.29 is 23.9 Å². The largest absolute Gasteiger partial charge is 0.428 e. The highest BCUT2D eigenvalue weighted by Gasteiger charge is 2.20. The Balaban J connectivity index is 4.33. The maximum Gasteiger partial charge on any atom is 0.324 e. The first-order chi connectivity index (χ1) is 16.7. The zero-order chi connectivity index (χ0) is 25.1. The van der Waals surface area contributed by atoms with Gasteiger partial charge in [-0.1, -0.05) is 44.9 Å². The van der Waals surface area contributed by atoms with Gasteiger partial charge >= 0.3 is 6.03 Å². The molecule has 0 aliphatic rings. The summed E-state index contributed by atoms with van der Waals surface area (Å²) < 4.78 is 4.64. The summed E-state index contributed by atoms with van der Waals surface area (Å²) in [5.74, 6) is -0.164. The topological polar surface area (TPSA) is 141 Å². The highest BCUT2D eigenvalue weighted by molar-refractivity contribution is 5.94. The minimum Gasteiger partial charge on any atom is -0.428 e. The molecule has 0 rings (SSSR count). The molecule has 0 heterocycles. The molecule has 190 valence electrons. The van der Waals surface area contributed by atoms with Crippen LogP contribution < -0.4 is 5.32 Å². The van der Waals surface area contributed by atoms with Crippen LogP contribution >= 0.6 is 0 Å². The highest BCUT2D eigenvalue weighted by Crippen LogP contribution is 2.10. The van der Waals surface area contributed by atoms with Gasteiger partial charge in [0.1, 0.15) is 6.61 Å². The van der Waals surface area contributed by atoms with Gasteiger partial charge in [0, 0.05) is 19.5 Å². The Morgan fingerprint density at radius 3 is 1.97 bits per heavy atom. The molecule has 0 aromatic heterocycles. The van der Waals surface area contributed by atoms with E-state index in [2.05, 4.69) is 20.0 Å². The van der Waals surface area contributed by atoms with E-state index >= 15 is 0 Å². The molecule has 0 aliphatic heterocycles. The number of imide groups is 1. The highest BCUT2D eigenvalue weighted by atomic mass is 16.5. The van der Waals surface area contributed by atoms with Crippen LogP contribution in [0.25, 0.3) is 0 Å². The molecule has 3 amide bonds. The van der Waals surface area contributed by atoms with Crippen molar-refractivity contribution in [1.29, 1.82) is 5.26 Å². The van der Waals surface area contributed by atoms with Crippen LogP contribution in [0, 0.1) is 11.5 Å². The summed E-state index contributed by atoms with van der Waals surface area (Å²) in [7, 11) is 0. The quantitative estimate of drug-likeness (QED) is 0.107. The number of nitrogens with one attached hydrogen (secondary N) is 1. The van der Waals surface area contributed by atoms with Gasteiger partial charge in [-0.2, -0.15) is 5.26 Å². The number of isocyanates is 2. The van der Waals surface area contributed by atoms with E-state index in [1.807, 2.05) is 0 Å². The number of nitrogens with zero attached hydrogens (tertiary/aromatic N) is 4. The molecule has 1 N–H and O–H groups in total. The van der Waals surface area contributed by atoms with Crippen molar-refractivity contribution in [2.75, 3.05) is 32.8 Å². The van der Waals surface area contributed by atoms with Crippen LogP contribution in [-0.4, -0.2) is 61.8 Å². The molecular formula is C24H39N5O5. The lowest BCUT2D eigenvalue weighted by Crippen LogP contribution is -2.44. The van der Waals surface area contributed by atoms with Gasteiger partial charge in [-0.3, -0.25) is 9.69 Å². The van der Waals surface area contributed by atoms with Gasteiger partial charge in [0.25, 0.3) is 6.26 Å². The maximum absolute atomic E-state index is 12.7. The van der Waals surface area contributed by atoms with Crippen LogP contribution in [0.4, 0.5) is 4.79 Å². The minimum absolute atomic E-state index is 0.164. The fourth-order valence-corrected chi connectivity index (χ4v) is 3.37. The summed E-state index contributed by atoms with van der Waals surface area (Å²) in [6.45, 7) is 2.23. The molecule has 0 aliphatic carbocycles. The standard InChI is InChI=1S/C24H39N5O5/c25-20-34-19-13-7-1-2-8-14-23(32)29(18-12-6-5-10-16-27-22-31)24(33)28-17-11-4-3-9-15-26-21-30/h1-19H2,(H,28,33). The molecule has 0 spiro atoms. The second-order valence-corrected chi connectivity index (χ2v) is 8.01. The summed E-state index contributed by atoms with van der Waals surface area (Å²) in [5.41, 5.74) is 0. The van der Waals surface area contributed by atoms with E-state index in [9.17, 15) is 19.2 Å². The van der Waals surface area contributed by atoms with E-state index in [0.717, 1.165) is 70.6 Å². The molecule has 10 heteroatoms. The Hall–Kier alpha value is -3.01. The summed E-state index contributed by atoms with van der Waals surface area (Å²) in [6.07, 6.45) is 16.0. The number of ether oxygens (including phenoxy) is 1. The third-order valence-corrected chi connectivity index (χ3v) is 5.25. The number of nitriles is 1. The molecule has 0 bridgehead atoms. The first kappa shape index (κ1) is 31.0. The number of amides is 3. The van der Waals surface area contributed by atoms with Gasteiger partial charge in [0.15, 0.2) is 0 Å². The summed E-state index contributed by atoms with van der Waals surface area (Å²) >= 11 is 0. The number of urea groups is 1. The first-order valence-corrected chi connectivity index (χ1v) is 12.3. The lowest BCUT2D eigenvalue weighted by molar-refractivity contribution is -0.128. The Morgan fingerprint density at radius 1 is 0.765 bits per heavy atom.